The van der Waals surface area contributed by atoms with Crippen molar-refractivity contribution in [3.05, 3.63) is 27.7 Å². The van der Waals surface area contributed by atoms with E-state index in [1.165, 1.54) is 5.92 Å². The second-order valence-corrected chi connectivity index (χ2v) is 8.54. The van der Waals surface area contributed by atoms with Gasteiger partial charge in [0.2, 0.25) is 0 Å². The summed E-state index contributed by atoms with van der Waals surface area (Å²) in [5.74, 6) is 2.54. The fourth-order valence-electron chi connectivity index (χ4n) is 3.00. The van der Waals surface area contributed by atoms with Crippen molar-refractivity contribution < 1.29 is 52.2 Å². The first-order valence-corrected chi connectivity index (χ1v) is 6.86. The van der Waals surface area contributed by atoms with E-state index in [0.29, 0.717) is 11.8 Å². The Balaban J connectivity index is -0.000000213. The van der Waals surface area contributed by atoms with Crippen LogP contribution < -0.4 is 0 Å². The van der Waals surface area contributed by atoms with Crippen molar-refractivity contribution in [1.29, 1.82) is 0 Å². The van der Waals surface area contributed by atoms with Gasteiger partial charge in [-0.1, -0.05) is 66.7 Å². The molecule has 0 spiro atoms. The van der Waals surface area contributed by atoms with Gasteiger partial charge in [0, 0.05) is 52.2 Å². The van der Waals surface area contributed by atoms with Gasteiger partial charge in [0.1, 0.15) is 0 Å². The molecule has 0 aliphatic rings. The van der Waals surface area contributed by atoms with Crippen molar-refractivity contribution in [2.24, 2.45) is 28.1 Å². The van der Waals surface area contributed by atoms with Gasteiger partial charge in [0.25, 0.3) is 0 Å². The van der Waals surface area contributed by atoms with Gasteiger partial charge in [0.05, 0.1) is 0 Å². The molecule has 1 radical (unpaired) electrons. The average Bonchev–Trinajstić information content (AvgIpc) is 1.98. The Morgan fingerprint density at radius 2 is 1.05 bits per heavy atom. The summed E-state index contributed by atoms with van der Waals surface area (Å²) in [4.78, 5) is 0. The molecule has 2 heteroatoms. The molecule has 0 aromatic heterocycles. The largest absolute Gasteiger partial charge is 0.358 e. The maximum atomic E-state index is 4.51. The van der Waals surface area contributed by atoms with Gasteiger partial charge in [-0.3, -0.25) is 0 Å². The van der Waals surface area contributed by atoms with E-state index in [4.69, 9.17) is 0 Å². The summed E-state index contributed by atoms with van der Waals surface area (Å²) in [6, 6.07) is 0. The Morgan fingerprint density at radius 1 is 0.762 bits per heavy atom. The normalized spacial score (nSPS) is 14.9. The summed E-state index contributed by atoms with van der Waals surface area (Å²) in [6.45, 7) is 27.8. The van der Waals surface area contributed by atoms with Crippen molar-refractivity contribution in [2.45, 2.75) is 69.2 Å². The zero-order valence-electron chi connectivity index (χ0n) is 16.8. The molecule has 21 heavy (non-hydrogen) atoms. The summed E-state index contributed by atoms with van der Waals surface area (Å²) in [5, 5.41) is 0. The maximum Gasteiger partial charge on any atom is 0 e. The monoisotopic (exact) mass is 459 g/mol. The molecule has 0 amide bonds. The Morgan fingerprint density at radius 3 is 1.19 bits per heavy atom. The fourth-order valence-corrected chi connectivity index (χ4v) is 3.00. The summed E-state index contributed by atoms with van der Waals surface area (Å²) >= 11 is 0. The Hall–Kier alpha value is 1.73. The van der Waals surface area contributed by atoms with Crippen LogP contribution in [-0.4, -0.2) is 0 Å². The average molecular weight is 459 g/mol. The minimum atomic E-state index is 0. The second kappa shape index (κ2) is 11.3. The van der Waals surface area contributed by atoms with E-state index in [1.807, 2.05) is 0 Å². The molecule has 0 aromatic carbocycles. The summed E-state index contributed by atoms with van der Waals surface area (Å²) in [6.07, 6.45) is 0. The number of rotatable bonds is 3. The van der Waals surface area contributed by atoms with Crippen molar-refractivity contribution in [3.63, 3.8) is 0 Å². The molecule has 2 unspecified atom stereocenters. The molecule has 2 atom stereocenters. The van der Waals surface area contributed by atoms with Crippen LogP contribution in [0.1, 0.15) is 69.2 Å². The molecule has 0 saturated heterocycles. The van der Waals surface area contributed by atoms with Gasteiger partial charge in [-0.2, -0.15) is 25.2 Å². The predicted molar refractivity (Wildman–Crippen MR) is 92.4 cm³/mol. The minimum Gasteiger partial charge on any atom is -0.358 e. The van der Waals surface area contributed by atoms with Crippen LogP contribution in [-0.2, 0) is 52.2 Å². The van der Waals surface area contributed by atoms with E-state index in [1.54, 1.807) is 0 Å². The van der Waals surface area contributed by atoms with E-state index >= 15 is 0 Å². The van der Waals surface area contributed by atoms with Crippen LogP contribution in [0.25, 0.3) is 0 Å². The van der Waals surface area contributed by atoms with Gasteiger partial charge >= 0.3 is 0 Å². The van der Waals surface area contributed by atoms with Gasteiger partial charge in [-0.05, 0) is 5.41 Å². The van der Waals surface area contributed by atoms with Crippen LogP contribution in [0.4, 0.5) is 0 Å². The van der Waals surface area contributed by atoms with Crippen LogP contribution >= 0.6 is 0 Å². The van der Waals surface area contributed by atoms with E-state index < -0.39 is 0 Å². The standard InChI is InChI=1S/C17H34.2CH3.Ru.Y/c1-12(2)17(10,11)14(16(7,8)9)13(3)15(4,5)6;;;;/h13-14H,3H2,1-2,4-11H3;2*1H3;;/q-2;2*-1;;. The minimum absolute atomic E-state index is 0. The first-order valence-electron chi connectivity index (χ1n) is 6.86. The Kier molecular flexibility index (Phi) is 18.4. The quantitative estimate of drug-likeness (QED) is 0.327. The molecule has 0 nitrogen and oxygen atoms in total. The molecule has 0 aliphatic heterocycles. The van der Waals surface area contributed by atoms with Gasteiger partial charge in [-0.15, -0.1) is 0 Å². The first-order chi connectivity index (χ1) is 7.22. The third kappa shape index (κ3) is 9.57. The molecule has 0 bridgehead atoms. The molecule has 0 heterocycles. The molecule has 0 rings (SSSR count). The predicted octanol–water partition coefficient (Wildman–Crippen LogP) is 6.68. The van der Waals surface area contributed by atoms with E-state index in [2.05, 4.69) is 76.2 Å². The number of hydrogen-bond donors (Lipinski definition) is 0. The third-order valence-electron chi connectivity index (χ3n) is 4.51. The van der Waals surface area contributed by atoms with Gasteiger partial charge < -0.3 is 27.7 Å². The SMILES string of the molecule is [CH2-]C(C(C(C)(C)C)C(C)(C)[C-](C)C)C(C)(C)C.[CH3-].[CH3-].[Ru].[Y]. The van der Waals surface area contributed by atoms with Gasteiger partial charge in [0.15, 0.2) is 0 Å². The third-order valence-corrected chi connectivity index (χ3v) is 4.51. The molecular weight excluding hydrogens is 418 g/mol. The topological polar surface area (TPSA) is 0 Å². The first kappa shape index (κ1) is 34.1. The van der Waals surface area contributed by atoms with E-state index in [-0.39, 0.29) is 83.3 Å². The molecule has 0 N–H and O–H groups in total. The van der Waals surface area contributed by atoms with E-state index in [0.717, 1.165) is 0 Å². The zero-order valence-corrected chi connectivity index (χ0v) is 21.4. The smallest absolute Gasteiger partial charge is 0 e. The molecular formula is C19H40RuY-4. The fraction of sp³-hybridized carbons (Fsp3) is 0.789. The molecule has 0 aliphatic carbocycles. The van der Waals surface area contributed by atoms with Crippen LogP contribution in [0.2, 0.25) is 0 Å². The molecule has 0 fully saturated rings. The van der Waals surface area contributed by atoms with Crippen molar-refractivity contribution in [2.75, 3.05) is 0 Å². The van der Waals surface area contributed by atoms with Crippen molar-refractivity contribution in [3.8, 4) is 0 Å². The zero-order chi connectivity index (χ0) is 14.2. The van der Waals surface area contributed by atoms with Crippen LogP contribution in [0.5, 0.6) is 0 Å². The second-order valence-electron chi connectivity index (χ2n) is 8.54. The molecule has 0 aromatic rings. The van der Waals surface area contributed by atoms with Crippen molar-refractivity contribution >= 4 is 0 Å². The van der Waals surface area contributed by atoms with E-state index in [9.17, 15) is 0 Å². The van der Waals surface area contributed by atoms with Crippen LogP contribution in [0, 0.1) is 55.8 Å². The Bertz CT molecular complexity index is 243. The Labute approximate surface area is 176 Å². The number of hydrogen-bond acceptors (Lipinski definition) is 0. The van der Waals surface area contributed by atoms with Crippen molar-refractivity contribution in [1.82, 2.24) is 0 Å². The molecule has 131 valence electrons. The van der Waals surface area contributed by atoms with Gasteiger partial charge in [-0.25, -0.2) is 0 Å². The summed E-state index contributed by atoms with van der Waals surface area (Å²) < 4.78 is 0. The summed E-state index contributed by atoms with van der Waals surface area (Å²) in [5.41, 5.74) is 0.767. The summed E-state index contributed by atoms with van der Waals surface area (Å²) in [7, 11) is 0. The van der Waals surface area contributed by atoms with Crippen LogP contribution in [0.3, 0.4) is 0 Å². The maximum absolute atomic E-state index is 4.51. The van der Waals surface area contributed by atoms with Crippen LogP contribution in [0.15, 0.2) is 0 Å². The molecule has 0 saturated carbocycles.